The van der Waals surface area contributed by atoms with Gasteiger partial charge in [0.05, 0.1) is 5.04 Å². The van der Waals surface area contributed by atoms with Crippen molar-refractivity contribution in [2.75, 3.05) is 0 Å². The third-order valence-electron chi connectivity index (χ3n) is 3.70. The molecule has 0 aromatic heterocycles. The smallest absolute Gasteiger partial charge is 0.135 e. The maximum atomic E-state index is 11.9. The molecule has 0 aliphatic heterocycles. The number of hydrogen-bond donors (Lipinski definition) is 1. The van der Waals surface area contributed by atoms with Crippen molar-refractivity contribution in [3.63, 3.8) is 0 Å². The summed E-state index contributed by atoms with van der Waals surface area (Å²) in [4.78, 5) is 11.9. The fraction of sp³-hybridized carbons (Fsp3) is 0.786. The van der Waals surface area contributed by atoms with Gasteiger partial charge in [0.25, 0.3) is 0 Å². The van der Waals surface area contributed by atoms with Crippen molar-refractivity contribution in [3.8, 4) is 0 Å². The van der Waals surface area contributed by atoms with Gasteiger partial charge in [-0.25, -0.2) is 0 Å². The summed E-state index contributed by atoms with van der Waals surface area (Å²) in [5.74, 6) is 0.857. The van der Waals surface area contributed by atoms with E-state index in [1.807, 2.05) is 0 Å². The first-order valence-electron chi connectivity index (χ1n) is 6.90. The Labute approximate surface area is 120 Å². The van der Waals surface area contributed by atoms with Gasteiger partial charge in [0.1, 0.15) is 5.78 Å². The molecular weight excluding hydrogens is 262 g/mol. The number of thiocarbonyl (C=S) groups is 1. The van der Waals surface area contributed by atoms with Crippen LogP contribution in [0.1, 0.15) is 58.3 Å². The van der Waals surface area contributed by atoms with Crippen molar-refractivity contribution in [3.05, 3.63) is 0 Å². The molecule has 0 radical (unpaired) electrons. The highest BCUT2D eigenvalue weighted by Crippen LogP contribution is 2.30. The second-order valence-corrected chi connectivity index (χ2v) is 6.51. The lowest BCUT2D eigenvalue weighted by atomic mass is 9.81. The predicted molar refractivity (Wildman–Crippen MR) is 83.6 cm³/mol. The van der Waals surface area contributed by atoms with Crippen LogP contribution in [0.3, 0.4) is 0 Å². The van der Waals surface area contributed by atoms with Crippen LogP contribution in [-0.4, -0.2) is 15.5 Å². The Morgan fingerprint density at radius 3 is 3.00 bits per heavy atom. The quantitative estimate of drug-likeness (QED) is 0.422. The minimum atomic E-state index is 0.201. The second-order valence-electron chi connectivity index (χ2n) is 5.06. The second kappa shape index (κ2) is 8.81. The summed E-state index contributed by atoms with van der Waals surface area (Å²) in [5.41, 5.74) is 0. The first-order valence-corrected chi connectivity index (χ1v) is 8.25. The summed E-state index contributed by atoms with van der Waals surface area (Å²) in [6.07, 6.45) is 8.17. The van der Waals surface area contributed by atoms with Gasteiger partial charge in [0, 0.05) is 23.0 Å². The van der Waals surface area contributed by atoms with Gasteiger partial charge in [-0.05, 0) is 25.7 Å². The summed E-state index contributed by atoms with van der Waals surface area (Å²) in [7, 11) is 0. The van der Waals surface area contributed by atoms with Gasteiger partial charge in [-0.1, -0.05) is 50.2 Å². The molecule has 0 heterocycles. The zero-order valence-electron chi connectivity index (χ0n) is 11.1. The predicted octanol–water partition coefficient (Wildman–Crippen LogP) is 4.61. The Morgan fingerprint density at radius 1 is 1.61 bits per heavy atom. The third-order valence-corrected chi connectivity index (χ3v) is 4.67. The number of carbonyl (C=O) groups excluding carboxylic acids is 1. The van der Waals surface area contributed by atoms with Crippen molar-refractivity contribution in [2.24, 2.45) is 11.8 Å². The molecule has 2 nitrogen and oxygen atoms in total. The SMILES string of the molecule is CCCCC(CC1CCCCC1=O)C(=N)SC=S. The minimum Gasteiger partial charge on any atom is -0.299 e. The van der Waals surface area contributed by atoms with E-state index in [0.29, 0.717) is 10.8 Å². The number of carbonyl (C=O) groups is 1. The van der Waals surface area contributed by atoms with Crippen LogP contribution in [0, 0.1) is 17.2 Å². The number of Topliss-reactive ketones (excluding diaryl/α,β-unsaturated/α-hetero) is 1. The van der Waals surface area contributed by atoms with Crippen molar-refractivity contribution < 1.29 is 4.79 Å². The first kappa shape index (κ1) is 15.8. The lowest BCUT2D eigenvalue weighted by molar-refractivity contribution is -0.124. The molecule has 0 aromatic carbocycles. The fourth-order valence-corrected chi connectivity index (χ4v) is 3.42. The van der Waals surface area contributed by atoms with E-state index in [0.717, 1.165) is 44.9 Å². The molecule has 0 bridgehead atoms. The van der Waals surface area contributed by atoms with E-state index < -0.39 is 0 Å². The molecule has 0 saturated heterocycles. The molecule has 1 aliphatic rings. The third kappa shape index (κ3) is 5.19. The van der Waals surface area contributed by atoms with Crippen molar-refractivity contribution in [2.45, 2.75) is 58.3 Å². The summed E-state index contributed by atoms with van der Waals surface area (Å²) >= 11 is 6.16. The van der Waals surface area contributed by atoms with E-state index in [9.17, 15) is 4.79 Å². The molecule has 18 heavy (non-hydrogen) atoms. The van der Waals surface area contributed by atoms with Crippen LogP contribution < -0.4 is 0 Å². The highest BCUT2D eigenvalue weighted by Gasteiger charge is 2.27. The van der Waals surface area contributed by atoms with E-state index in [1.165, 1.54) is 18.2 Å². The van der Waals surface area contributed by atoms with Gasteiger partial charge in [0.2, 0.25) is 0 Å². The highest BCUT2D eigenvalue weighted by molar-refractivity contribution is 8.31. The Balaban J connectivity index is 2.55. The largest absolute Gasteiger partial charge is 0.299 e. The van der Waals surface area contributed by atoms with Crippen LogP contribution in [-0.2, 0) is 4.79 Å². The van der Waals surface area contributed by atoms with E-state index in [-0.39, 0.29) is 11.8 Å². The summed E-state index contributed by atoms with van der Waals surface area (Å²) in [6.45, 7) is 2.17. The van der Waals surface area contributed by atoms with Gasteiger partial charge < -0.3 is 0 Å². The average molecular weight is 285 g/mol. The molecular formula is C14H23NOS2. The molecule has 0 aromatic rings. The Kier molecular flexibility index (Phi) is 7.75. The van der Waals surface area contributed by atoms with Crippen LogP contribution >= 0.6 is 24.0 Å². The van der Waals surface area contributed by atoms with Crippen LogP contribution in [0.2, 0.25) is 0 Å². The number of nitrogens with one attached hydrogen (secondary N) is 1. The van der Waals surface area contributed by atoms with Crippen LogP contribution in [0.4, 0.5) is 0 Å². The molecule has 1 rings (SSSR count). The molecule has 0 spiro atoms. The number of rotatable bonds is 7. The van der Waals surface area contributed by atoms with Crippen molar-refractivity contribution in [1.29, 1.82) is 5.41 Å². The number of thioether (sulfide) groups is 1. The van der Waals surface area contributed by atoms with E-state index >= 15 is 0 Å². The maximum Gasteiger partial charge on any atom is 0.135 e. The zero-order chi connectivity index (χ0) is 13.4. The molecule has 1 saturated carbocycles. The number of hydrogen-bond acceptors (Lipinski definition) is 4. The fourth-order valence-electron chi connectivity index (χ4n) is 2.60. The van der Waals surface area contributed by atoms with Gasteiger partial charge in [-0.3, -0.25) is 10.2 Å². The van der Waals surface area contributed by atoms with Gasteiger partial charge in [-0.15, -0.1) is 0 Å². The highest BCUT2D eigenvalue weighted by atomic mass is 32.2. The van der Waals surface area contributed by atoms with E-state index in [1.54, 1.807) is 4.70 Å². The number of unbranched alkanes of at least 4 members (excludes halogenated alkanes) is 1. The van der Waals surface area contributed by atoms with Gasteiger partial charge in [-0.2, -0.15) is 0 Å². The first-order chi connectivity index (χ1) is 8.69. The van der Waals surface area contributed by atoms with E-state index in [4.69, 9.17) is 17.6 Å². The summed E-state index contributed by atoms with van der Waals surface area (Å²) < 4.78 is 1.56. The number of ketones is 1. The van der Waals surface area contributed by atoms with Crippen molar-refractivity contribution in [1.82, 2.24) is 0 Å². The Bertz CT molecular complexity index is 304. The molecule has 2 atom stereocenters. The Hall–Kier alpha value is -0.220. The van der Waals surface area contributed by atoms with Gasteiger partial charge in [0.15, 0.2) is 0 Å². The lowest BCUT2D eigenvalue weighted by Crippen LogP contribution is -2.24. The molecule has 4 heteroatoms. The van der Waals surface area contributed by atoms with Crippen molar-refractivity contribution >= 4 is 39.5 Å². The Morgan fingerprint density at radius 2 is 2.39 bits per heavy atom. The molecule has 102 valence electrons. The van der Waals surface area contributed by atoms with Crippen LogP contribution in [0.25, 0.3) is 0 Å². The normalized spacial score (nSPS) is 21.6. The topological polar surface area (TPSA) is 40.9 Å². The standard InChI is InChI=1S/C14H23NOS2/c1-2-3-6-12(14(15)18-10-17)9-11-7-4-5-8-13(11)16/h10-12,15H,2-9H2,1H3. The van der Waals surface area contributed by atoms with Gasteiger partial charge >= 0.3 is 0 Å². The van der Waals surface area contributed by atoms with Crippen LogP contribution in [0.15, 0.2) is 0 Å². The summed E-state index contributed by atoms with van der Waals surface area (Å²) in [5, 5.41) is 8.71. The zero-order valence-corrected chi connectivity index (χ0v) is 12.7. The molecule has 1 fully saturated rings. The maximum absolute atomic E-state index is 11.9. The summed E-state index contributed by atoms with van der Waals surface area (Å²) in [6, 6.07) is 0. The lowest BCUT2D eigenvalue weighted by Gasteiger charge is -2.25. The molecule has 1 N–H and O–H groups in total. The average Bonchev–Trinajstić information content (AvgIpc) is 2.36. The molecule has 1 aliphatic carbocycles. The van der Waals surface area contributed by atoms with E-state index in [2.05, 4.69) is 6.92 Å². The molecule has 2 unspecified atom stereocenters. The molecule has 0 amide bonds. The minimum absolute atomic E-state index is 0.201. The monoisotopic (exact) mass is 285 g/mol. The van der Waals surface area contributed by atoms with Crippen LogP contribution in [0.5, 0.6) is 0 Å².